The van der Waals surface area contributed by atoms with E-state index in [2.05, 4.69) is 60.7 Å². The summed E-state index contributed by atoms with van der Waals surface area (Å²) in [4.78, 5) is 0. The lowest BCUT2D eigenvalue weighted by Crippen LogP contribution is -3.61. The number of unbranched alkanes of at least 4 members (excludes halogenated alkanes) is 1. The molecule has 0 aliphatic carbocycles. The Morgan fingerprint density at radius 3 is 2.22 bits per heavy atom. The highest BCUT2D eigenvalue weighted by atomic mass is 127. The predicted molar refractivity (Wildman–Crippen MR) is 68.8 cm³/mol. The first-order chi connectivity index (χ1) is 8.88. The molecule has 0 saturated carbocycles. The Morgan fingerprint density at radius 2 is 1.56 bits per heavy atom. The maximum atomic E-state index is 8.51. The predicted octanol–water partition coefficient (Wildman–Crippen LogP) is 0.661. The molecular formula is C16H15IN+. The first-order valence-electron chi connectivity index (χ1n) is 6.04. The molecule has 2 aromatic rings. The van der Waals surface area contributed by atoms with Crippen LogP contribution >= 0.6 is 0 Å². The molecule has 2 heteroatoms. The molecule has 90 valence electrons. The van der Waals surface area contributed by atoms with Crippen molar-refractivity contribution in [3.05, 3.63) is 67.3 Å². The molecule has 18 heavy (non-hydrogen) atoms. The lowest BCUT2D eigenvalue weighted by molar-refractivity contribution is -0.597. The highest BCUT2D eigenvalue weighted by Gasteiger charge is 2.13. The fourth-order valence-electron chi connectivity index (χ4n) is 1.69. The molecule has 0 spiro atoms. The molecule has 0 saturated heterocycles. The zero-order valence-electron chi connectivity index (χ0n) is 10.1. The summed E-state index contributed by atoms with van der Waals surface area (Å²) in [7, 11) is 0. The van der Waals surface area contributed by atoms with Gasteiger partial charge < -0.3 is 0 Å². The van der Waals surface area contributed by atoms with Gasteiger partial charge in [-0.05, 0) is 42.7 Å². The van der Waals surface area contributed by atoms with Crippen molar-refractivity contribution in [2.75, 3.05) is 0 Å². The molecule has 1 nitrogen and oxygen atoms in total. The number of nitriles is 1. The molecule has 0 fully saturated rings. The first-order valence-corrected chi connectivity index (χ1v) is 8.20. The Balaban J connectivity index is 1.94. The van der Waals surface area contributed by atoms with Crippen LogP contribution in [0.5, 0.6) is 0 Å². The molecule has 0 amide bonds. The molecule has 0 heterocycles. The van der Waals surface area contributed by atoms with Gasteiger partial charge in [-0.1, -0.05) is 30.3 Å². The average Bonchev–Trinajstić information content (AvgIpc) is 2.42. The van der Waals surface area contributed by atoms with Crippen molar-refractivity contribution < 1.29 is 21.2 Å². The number of rotatable bonds is 5. The fraction of sp³-hybridized carbons (Fsp3) is 0.188. The number of nitrogens with zero attached hydrogens (tertiary/aromatic N) is 1. The lowest BCUT2D eigenvalue weighted by Gasteiger charge is -1.96. The zero-order valence-corrected chi connectivity index (χ0v) is 12.3. The molecule has 0 radical (unpaired) electrons. The largest absolute Gasteiger partial charge is 0.357 e. The normalized spacial score (nSPS) is 9.94. The zero-order chi connectivity index (χ0) is 12.6. The van der Waals surface area contributed by atoms with E-state index in [1.807, 2.05) is 0 Å². The Morgan fingerprint density at radius 1 is 0.889 bits per heavy atom. The molecule has 0 aliphatic rings. The fourth-order valence-corrected chi connectivity index (χ4v) is 3.90. The molecule has 0 atom stereocenters. The monoisotopic (exact) mass is 348 g/mol. The van der Waals surface area contributed by atoms with Gasteiger partial charge >= 0.3 is 21.2 Å². The summed E-state index contributed by atoms with van der Waals surface area (Å²) in [5, 5.41) is 8.51. The summed E-state index contributed by atoms with van der Waals surface area (Å²) >= 11 is -0.0532. The second kappa shape index (κ2) is 7.17. The van der Waals surface area contributed by atoms with Crippen molar-refractivity contribution in [1.29, 1.82) is 5.26 Å². The highest BCUT2D eigenvalue weighted by Crippen LogP contribution is 2.03. The van der Waals surface area contributed by atoms with Crippen LogP contribution in [0.25, 0.3) is 0 Å². The topological polar surface area (TPSA) is 23.8 Å². The van der Waals surface area contributed by atoms with Crippen LogP contribution in [0.3, 0.4) is 0 Å². The van der Waals surface area contributed by atoms with Crippen molar-refractivity contribution in [2.24, 2.45) is 0 Å². The quantitative estimate of drug-likeness (QED) is 0.575. The van der Waals surface area contributed by atoms with Crippen LogP contribution in [0.4, 0.5) is 0 Å². The summed E-state index contributed by atoms with van der Waals surface area (Å²) < 4.78 is 2.90. The molecule has 0 N–H and O–H groups in total. The van der Waals surface area contributed by atoms with Crippen molar-refractivity contribution in [3.8, 4) is 6.07 Å². The van der Waals surface area contributed by atoms with Gasteiger partial charge in [0, 0.05) is 6.42 Å². The van der Waals surface area contributed by atoms with Gasteiger partial charge in [-0.25, -0.2) is 0 Å². The van der Waals surface area contributed by atoms with E-state index in [0.29, 0.717) is 6.42 Å². The minimum atomic E-state index is -0.0532. The summed E-state index contributed by atoms with van der Waals surface area (Å²) in [5.74, 6) is 0. The first kappa shape index (κ1) is 13.1. The van der Waals surface area contributed by atoms with Gasteiger partial charge in [0.25, 0.3) is 0 Å². The van der Waals surface area contributed by atoms with Crippen LogP contribution in [0.2, 0.25) is 0 Å². The third-order valence-electron chi connectivity index (χ3n) is 2.62. The summed E-state index contributed by atoms with van der Waals surface area (Å²) in [6, 6.07) is 21.7. The lowest BCUT2D eigenvalue weighted by atomic mass is 10.1. The molecule has 0 unspecified atom stereocenters. The number of aryl methyl sites for hydroxylation is 1. The maximum Gasteiger partial charge on any atom is 0.357 e. The SMILES string of the molecule is N#CCCCc1ccc([I+]c2ccccc2)cc1. The smallest absolute Gasteiger partial charge is 0.198 e. The van der Waals surface area contributed by atoms with E-state index in [4.69, 9.17) is 5.26 Å². The Labute approximate surface area is 119 Å². The molecular weight excluding hydrogens is 333 g/mol. The van der Waals surface area contributed by atoms with Crippen molar-refractivity contribution in [3.63, 3.8) is 0 Å². The van der Waals surface area contributed by atoms with E-state index in [1.165, 1.54) is 12.7 Å². The minimum absolute atomic E-state index is 0.0532. The van der Waals surface area contributed by atoms with Gasteiger partial charge in [-0.3, -0.25) is 0 Å². The van der Waals surface area contributed by atoms with Crippen LogP contribution in [-0.2, 0) is 6.42 Å². The van der Waals surface area contributed by atoms with Crippen molar-refractivity contribution >= 4 is 0 Å². The Hall–Kier alpha value is -1.34. The van der Waals surface area contributed by atoms with Gasteiger partial charge in [0.1, 0.15) is 0 Å². The third-order valence-corrected chi connectivity index (χ3v) is 5.30. The van der Waals surface area contributed by atoms with Crippen LogP contribution in [0.15, 0.2) is 54.6 Å². The standard InChI is InChI=1S/C16H15IN/c18-13-5-4-6-14-9-11-16(12-10-14)17-15-7-2-1-3-8-15/h1-3,7-12H,4-6H2/q+1. The molecule has 0 aliphatic heterocycles. The summed E-state index contributed by atoms with van der Waals surface area (Å²) in [6.07, 6.45) is 2.62. The Kier molecular flexibility index (Phi) is 5.22. The molecule has 0 aromatic heterocycles. The van der Waals surface area contributed by atoms with E-state index in [-0.39, 0.29) is 21.2 Å². The van der Waals surface area contributed by atoms with Crippen LogP contribution in [0.1, 0.15) is 18.4 Å². The van der Waals surface area contributed by atoms with E-state index in [0.717, 1.165) is 12.8 Å². The highest BCUT2D eigenvalue weighted by molar-refractivity contribution is 5.14. The number of halogens is 1. The van der Waals surface area contributed by atoms with Gasteiger partial charge in [-0.2, -0.15) is 5.26 Å². The van der Waals surface area contributed by atoms with E-state index in [1.54, 1.807) is 0 Å². The third kappa shape index (κ3) is 4.15. The van der Waals surface area contributed by atoms with Crippen LogP contribution in [-0.4, -0.2) is 0 Å². The van der Waals surface area contributed by atoms with Crippen LogP contribution < -0.4 is 21.2 Å². The second-order valence-electron chi connectivity index (χ2n) is 4.03. The van der Waals surface area contributed by atoms with Gasteiger partial charge in [0.2, 0.25) is 0 Å². The number of hydrogen-bond donors (Lipinski definition) is 0. The number of hydrogen-bond acceptors (Lipinski definition) is 1. The van der Waals surface area contributed by atoms with Gasteiger partial charge in [0.05, 0.1) is 6.07 Å². The molecule has 2 aromatic carbocycles. The minimum Gasteiger partial charge on any atom is -0.198 e. The second-order valence-corrected chi connectivity index (χ2v) is 7.06. The van der Waals surface area contributed by atoms with E-state index >= 15 is 0 Å². The Bertz CT molecular complexity index is 511. The maximum absolute atomic E-state index is 8.51. The van der Waals surface area contributed by atoms with Gasteiger partial charge in [-0.15, -0.1) is 0 Å². The van der Waals surface area contributed by atoms with Crippen molar-refractivity contribution in [2.45, 2.75) is 19.3 Å². The summed E-state index contributed by atoms with van der Waals surface area (Å²) in [6.45, 7) is 0. The molecule has 0 bridgehead atoms. The van der Waals surface area contributed by atoms with E-state index in [9.17, 15) is 0 Å². The van der Waals surface area contributed by atoms with Gasteiger partial charge in [0.15, 0.2) is 7.14 Å². The van der Waals surface area contributed by atoms with Crippen molar-refractivity contribution in [1.82, 2.24) is 0 Å². The van der Waals surface area contributed by atoms with E-state index < -0.39 is 0 Å². The summed E-state index contributed by atoms with van der Waals surface area (Å²) in [5.41, 5.74) is 1.34. The average molecular weight is 348 g/mol. The van der Waals surface area contributed by atoms with Crippen LogP contribution in [0, 0.1) is 18.5 Å². The molecule has 2 rings (SSSR count). The number of benzene rings is 2.